The molecular weight excluding hydrogens is 342 g/mol. The second-order valence-corrected chi connectivity index (χ2v) is 6.28. The summed E-state index contributed by atoms with van der Waals surface area (Å²) >= 11 is 0. The van der Waals surface area contributed by atoms with Crippen LogP contribution in [0.5, 0.6) is 0 Å². The molecule has 0 aromatic heterocycles. The highest BCUT2D eigenvalue weighted by atomic mass is 19.2. The first-order valence-electron chi connectivity index (χ1n) is 8.09. The first-order valence-corrected chi connectivity index (χ1v) is 8.09. The molecule has 0 unspecified atom stereocenters. The second-order valence-electron chi connectivity index (χ2n) is 6.28. The Hall–Kier alpha value is -2.80. The van der Waals surface area contributed by atoms with E-state index in [1.807, 2.05) is 24.3 Å². The number of hydrogen-bond donors (Lipinski definition) is 2. The SMILES string of the molecule is COC1(CNC(=O)C(=O)Nc2ccc(F)c(F)c2)Cc2ccccc2C1. The van der Waals surface area contributed by atoms with Crippen LogP contribution in [0.25, 0.3) is 0 Å². The van der Waals surface area contributed by atoms with Gasteiger partial charge in [0.25, 0.3) is 0 Å². The van der Waals surface area contributed by atoms with Crippen molar-refractivity contribution in [3.63, 3.8) is 0 Å². The number of carbonyl (C=O) groups is 2. The maximum Gasteiger partial charge on any atom is 0.313 e. The number of rotatable bonds is 4. The topological polar surface area (TPSA) is 67.4 Å². The van der Waals surface area contributed by atoms with E-state index in [0.717, 1.165) is 23.3 Å². The van der Waals surface area contributed by atoms with E-state index in [1.54, 1.807) is 7.11 Å². The standard InChI is InChI=1S/C19H18F2N2O3/c1-26-19(9-12-4-2-3-5-13(12)10-19)11-22-17(24)18(25)23-14-6-7-15(20)16(21)8-14/h2-8H,9-11H2,1H3,(H,22,24)(H,23,25). The molecule has 1 aliphatic carbocycles. The van der Waals surface area contributed by atoms with Gasteiger partial charge >= 0.3 is 11.8 Å². The molecule has 0 radical (unpaired) electrons. The summed E-state index contributed by atoms with van der Waals surface area (Å²) in [5.41, 5.74) is 1.69. The number of halogens is 2. The second kappa shape index (κ2) is 7.21. The smallest absolute Gasteiger partial charge is 0.313 e. The van der Waals surface area contributed by atoms with Gasteiger partial charge in [-0.15, -0.1) is 0 Å². The van der Waals surface area contributed by atoms with Crippen LogP contribution in [0.15, 0.2) is 42.5 Å². The Labute approximate surface area is 149 Å². The molecule has 0 fully saturated rings. The van der Waals surface area contributed by atoms with Gasteiger partial charge in [0.15, 0.2) is 11.6 Å². The van der Waals surface area contributed by atoms with Crippen molar-refractivity contribution in [3.8, 4) is 0 Å². The highest BCUT2D eigenvalue weighted by Gasteiger charge is 2.37. The van der Waals surface area contributed by atoms with Gasteiger partial charge in [-0.1, -0.05) is 24.3 Å². The minimum Gasteiger partial charge on any atom is -0.376 e. The Morgan fingerprint density at radius 2 is 1.69 bits per heavy atom. The molecular formula is C19H18F2N2O3. The third-order valence-electron chi connectivity index (χ3n) is 4.53. The summed E-state index contributed by atoms with van der Waals surface area (Å²) in [6.45, 7) is 0.155. The molecule has 26 heavy (non-hydrogen) atoms. The van der Waals surface area contributed by atoms with Gasteiger partial charge in [-0.3, -0.25) is 9.59 Å². The molecule has 3 rings (SSSR count). The Morgan fingerprint density at radius 3 is 2.27 bits per heavy atom. The largest absolute Gasteiger partial charge is 0.376 e. The number of anilines is 1. The predicted molar refractivity (Wildman–Crippen MR) is 91.6 cm³/mol. The fraction of sp³-hybridized carbons (Fsp3) is 0.263. The lowest BCUT2D eigenvalue weighted by Gasteiger charge is -2.27. The van der Waals surface area contributed by atoms with Gasteiger partial charge < -0.3 is 15.4 Å². The molecule has 2 aromatic rings. The monoisotopic (exact) mass is 360 g/mol. The van der Waals surface area contributed by atoms with Crippen molar-refractivity contribution in [2.75, 3.05) is 19.0 Å². The average Bonchev–Trinajstić information content (AvgIpc) is 3.02. The summed E-state index contributed by atoms with van der Waals surface area (Å²) < 4.78 is 31.7. The molecule has 5 nitrogen and oxygen atoms in total. The van der Waals surface area contributed by atoms with Crippen LogP contribution in [0.4, 0.5) is 14.5 Å². The zero-order valence-electron chi connectivity index (χ0n) is 14.1. The Kier molecular flexibility index (Phi) is 4.99. The van der Waals surface area contributed by atoms with Crippen LogP contribution in [0.3, 0.4) is 0 Å². The quantitative estimate of drug-likeness (QED) is 0.822. The summed E-state index contributed by atoms with van der Waals surface area (Å²) in [5, 5.41) is 4.79. The normalized spacial score (nSPS) is 14.6. The van der Waals surface area contributed by atoms with Gasteiger partial charge in [0.1, 0.15) is 0 Å². The predicted octanol–water partition coefficient (Wildman–Crippen LogP) is 2.20. The van der Waals surface area contributed by atoms with Crippen LogP contribution < -0.4 is 10.6 Å². The zero-order chi connectivity index (χ0) is 18.7. The highest BCUT2D eigenvalue weighted by molar-refractivity contribution is 6.39. The zero-order valence-corrected chi connectivity index (χ0v) is 14.1. The van der Waals surface area contributed by atoms with Crippen molar-refractivity contribution < 1.29 is 23.1 Å². The van der Waals surface area contributed by atoms with E-state index < -0.39 is 29.0 Å². The van der Waals surface area contributed by atoms with Gasteiger partial charge in [-0.25, -0.2) is 8.78 Å². The van der Waals surface area contributed by atoms with Crippen molar-refractivity contribution in [1.82, 2.24) is 5.32 Å². The van der Waals surface area contributed by atoms with Gasteiger partial charge in [-0.2, -0.15) is 0 Å². The van der Waals surface area contributed by atoms with Crippen LogP contribution in [0.1, 0.15) is 11.1 Å². The van der Waals surface area contributed by atoms with E-state index in [2.05, 4.69) is 10.6 Å². The van der Waals surface area contributed by atoms with E-state index >= 15 is 0 Å². The van der Waals surface area contributed by atoms with Crippen molar-refractivity contribution >= 4 is 17.5 Å². The van der Waals surface area contributed by atoms with Gasteiger partial charge in [0.05, 0.1) is 5.60 Å². The summed E-state index contributed by atoms with van der Waals surface area (Å²) in [4.78, 5) is 24.0. The maximum absolute atomic E-state index is 13.2. The number of nitrogens with one attached hydrogen (secondary N) is 2. The van der Waals surface area contributed by atoms with E-state index in [-0.39, 0.29) is 12.2 Å². The van der Waals surface area contributed by atoms with Crippen molar-refractivity contribution in [1.29, 1.82) is 0 Å². The van der Waals surface area contributed by atoms with Crippen molar-refractivity contribution in [2.24, 2.45) is 0 Å². The fourth-order valence-corrected chi connectivity index (χ4v) is 3.08. The lowest BCUT2D eigenvalue weighted by molar-refractivity contribution is -0.137. The van der Waals surface area contributed by atoms with Crippen LogP contribution in [-0.4, -0.2) is 31.1 Å². The number of amides is 2. The minimum absolute atomic E-state index is 0.00113. The van der Waals surface area contributed by atoms with Crippen LogP contribution in [-0.2, 0) is 27.2 Å². The number of carbonyl (C=O) groups excluding carboxylic acids is 2. The van der Waals surface area contributed by atoms with Gasteiger partial charge in [0, 0.05) is 38.2 Å². The fourth-order valence-electron chi connectivity index (χ4n) is 3.08. The number of methoxy groups -OCH3 is 1. The molecule has 0 saturated carbocycles. The molecule has 7 heteroatoms. The van der Waals surface area contributed by atoms with E-state index in [4.69, 9.17) is 4.74 Å². The number of hydrogen-bond acceptors (Lipinski definition) is 3. The first kappa shape index (κ1) is 18.0. The van der Waals surface area contributed by atoms with E-state index in [9.17, 15) is 18.4 Å². The summed E-state index contributed by atoms with van der Waals surface area (Å²) in [6, 6.07) is 10.8. The molecule has 0 atom stereocenters. The number of benzene rings is 2. The van der Waals surface area contributed by atoms with E-state index in [0.29, 0.717) is 12.8 Å². The maximum atomic E-state index is 13.2. The summed E-state index contributed by atoms with van der Waals surface area (Å²) in [6.07, 6.45) is 1.26. The highest BCUT2D eigenvalue weighted by Crippen LogP contribution is 2.32. The molecule has 2 N–H and O–H groups in total. The molecule has 2 aromatic carbocycles. The Morgan fingerprint density at radius 1 is 1.04 bits per heavy atom. The van der Waals surface area contributed by atoms with Gasteiger partial charge in [-0.05, 0) is 23.3 Å². The van der Waals surface area contributed by atoms with E-state index in [1.165, 1.54) is 6.07 Å². The first-order chi connectivity index (χ1) is 12.4. The van der Waals surface area contributed by atoms with Gasteiger partial charge in [0.2, 0.25) is 0 Å². The third-order valence-corrected chi connectivity index (χ3v) is 4.53. The molecule has 0 aliphatic heterocycles. The summed E-state index contributed by atoms with van der Waals surface area (Å²) in [7, 11) is 1.57. The molecule has 136 valence electrons. The van der Waals surface area contributed by atoms with Crippen LogP contribution in [0.2, 0.25) is 0 Å². The Bertz CT molecular complexity index is 829. The Balaban J connectivity index is 1.59. The molecule has 1 aliphatic rings. The molecule has 0 saturated heterocycles. The van der Waals surface area contributed by atoms with Crippen LogP contribution >= 0.6 is 0 Å². The molecule has 0 heterocycles. The van der Waals surface area contributed by atoms with Crippen molar-refractivity contribution in [3.05, 3.63) is 65.2 Å². The molecule has 2 amide bonds. The number of fused-ring (bicyclic) bond motifs is 1. The minimum atomic E-state index is -1.11. The lowest BCUT2D eigenvalue weighted by Crippen LogP contribution is -2.48. The summed E-state index contributed by atoms with van der Waals surface area (Å²) in [5.74, 6) is -3.97. The number of ether oxygens (including phenoxy) is 1. The average molecular weight is 360 g/mol. The van der Waals surface area contributed by atoms with Crippen LogP contribution in [0, 0.1) is 11.6 Å². The van der Waals surface area contributed by atoms with Crippen molar-refractivity contribution in [2.45, 2.75) is 18.4 Å². The molecule has 0 spiro atoms. The third kappa shape index (κ3) is 3.72. The molecule has 0 bridgehead atoms. The lowest BCUT2D eigenvalue weighted by atomic mass is 10.00.